The van der Waals surface area contributed by atoms with Gasteiger partial charge in [0, 0.05) is 50.5 Å². The number of aryl methyl sites for hydroxylation is 2. The molecule has 1 atom stereocenters. The number of anilines is 1. The van der Waals surface area contributed by atoms with Crippen LogP contribution in [-0.2, 0) is 13.5 Å². The van der Waals surface area contributed by atoms with Crippen molar-refractivity contribution in [2.75, 3.05) is 38.7 Å². The topological polar surface area (TPSA) is 66.7 Å². The molecule has 0 radical (unpaired) electrons. The van der Waals surface area contributed by atoms with E-state index < -0.39 is 0 Å². The number of ether oxygens (including phenoxy) is 1. The molecular weight excluding hydrogens is 388 g/mol. The molecule has 1 aliphatic heterocycles. The Balaban J connectivity index is 1.54. The lowest BCUT2D eigenvalue weighted by molar-refractivity contribution is 0.415. The summed E-state index contributed by atoms with van der Waals surface area (Å²) in [6.45, 7) is 6.80. The van der Waals surface area contributed by atoms with Gasteiger partial charge in [0.05, 0.1) is 18.5 Å². The van der Waals surface area contributed by atoms with Gasteiger partial charge < -0.3 is 20.3 Å². The highest BCUT2D eigenvalue weighted by atomic mass is 35.5. The number of aliphatic imine (C=N–C) groups is 1. The fourth-order valence-corrected chi connectivity index (χ4v) is 4.05. The van der Waals surface area contributed by atoms with Crippen LogP contribution < -0.4 is 20.3 Å². The molecule has 0 spiro atoms. The summed E-state index contributed by atoms with van der Waals surface area (Å²) in [4.78, 5) is 6.69. The summed E-state index contributed by atoms with van der Waals surface area (Å²) in [5.74, 6) is 1.67. The first-order valence-electron chi connectivity index (χ1n) is 9.97. The normalized spacial score (nSPS) is 17.0. The van der Waals surface area contributed by atoms with Crippen LogP contribution in [0.15, 0.2) is 23.2 Å². The molecule has 2 N–H and O–H groups in total. The Morgan fingerprint density at radius 1 is 1.38 bits per heavy atom. The molecule has 3 rings (SSSR count). The van der Waals surface area contributed by atoms with Crippen LogP contribution in [0.2, 0.25) is 5.02 Å². The first kappa shape index (κ1) is 21.3. The Morgan fingerprint density at radius 2 is 2.17 bits per heavy atom. The van der Waals surface area contributed by atoms with Gasteiger partial charge in [-0.2, -0.15) is 5.10 Å². The van der Waals surface area contributed by atoms with Crippen LogP contribution in [0.25, 0.3) is 0 Å². The molecule has 0 amide bonds. The van der Waals surface area contributed by atoms with Crippen LogP contribution in [0.4, 0.5) is 5.69 Å². The van der Waals surface area contributed by atoms with Gasteiger partial charge in [-0.15, -0.1) is 0 Å². The highest BCUT2D eigenvalue weighted by Crippen LogP contribution is 2.33. The maximum atomic E-state index is 6.19. The fourth-order valence-electron chi connectivity index (χ4n) is 3.88. The molecule has 8 heteroatoms. The van der Waals surface area contributed by atoms with E-state index in [1.165, 1.54) is 11.3 Å². The second-order valence-corrected chi connectivity index (χ2v) is 7.85. The molecule has 1 unspecified atom stereocenters. The molecule has 158 valence electrons. The van der Waals surface area contributed by atoms with Gasteiger partial charge in [0.15, 0.2) is 5.96 Å². The molecule has 2 heterocycles. The standard InChI is InChI=1S/C21H31ClN6O/c1-14-18(15(2)27(4)26-14)8-10-24-21(23-3)25-17-9-11-28(13-17)19-12-16(22)6-7-20(19)29-5/h6-7,12,17H,8-11,13H2,1-5H3,(H2,23,24,25). The van der Waals surface area contributed by atoms with Crippen molar-refractivity contribution in [3.05, 3.63) is 40.2 Å². The number of nitrogens with zero attached hydrogens (tertiary/aromatic N) is 4. The number of nitrogens with one attached hydrogen (secondary N) is 2. The molecule has 7 nitrogen and oxygen atoms in total. The van der Waals surface area contributed by atoms with Gasteiger partial charge in [-0.25, -0.2) is 0 Å². The Labute approximate surface area is 178 Å². The van der Waals surface area contributed by atoms with Crippen molar-refractivity contribution in [3.63, 3.8) is 0 Å². The molecular formula is C21H31ClN6O. The lowest BCUT2D eigenvalue weighted by Gasteiger charge is -2.22. The number of methoxy groups -OCH3 is 1. The Bertz CT molecular complexity index is 878. The number of guanidine groups is 1. The molecule has 1 aromatic carbocycles. The van der Waals surface area contributed by atoms with Crippen LogP contribution in [0.3, 0.4) is 0 Å². The van der Waals surface area contributed by atoms with Crippen LogP contribution in [0.1, 0.15) is 23.4 Å². The Hall–Kier alpha value is -2.41. The predicted molar refractivity (Wildman–Crippen MR) is 120 cm³/mol. The average Bonchev–Trinajstić information content (AvgIpc) is 3.26. The molecule has 29 heavy (non-hydrogen) atoms. The molecule has 0 bridgehead atoms. The van der Waals surface area contributed by atoms with Gasteiger partial charge >= 0.3 is 0 Å². The second kappa shape index (κ2) is 9.39. The summed E-state index contributed by atoms with van der Waals surface area (Å²) in [5.41, 5.74) is 4.65. The zero-order valence-corrected chi connectivity index (χ0v) is 18.7. The highest BCUT2D eigenvalue weighted by molar-refractivity contribution is 6.30. The van der Waals surface area contributed by atoms with Gasteiger partial charge in [0.2, 0.25) is 0 Å². The van der Waals surface area contributed by atoms with Gasteiger partial charge in [0.25, 0.3) is 0 Å². The molecule has 1 aliphatic rings. The smallest absolute Gasteiger partial charge is 0.191 e. The van der Waals surface area contributed by atoms with Crippen LogP contribution in [-0.4, -0.2) is 55.6 Å². The largest absolute Gasteiger partial charge is 0.495 e. The van der Waals surface area contributed by atoms with E-state index in [2.05, 4.69) is 39.5 Å². The fraction of sp³-hybridized carbons (Fsp3) is 0.524. The summed E-state index contributed by atoms with van der Waals surface area (Å²) in [6, 6.07) is 6.05. The minimum atomic E-state index is 0.312. The number of hydrogen-bond donors (Lipinski definition) is 2. The van der Waals surface area contributed by atoms with E-state index in [-0.39, 0.29) is 0 Å². The number of benzene rings is 1. The zero-order chi connectivity index (χ0) is 21.0. The van der Waals surface area contributed by atoms with E-state index >= 15 is 0 Å². The van der Waals surface area contributed by atoms with E-state index in [9.17, 15) is 0 Å². The number of aromatic nitrogens is 2. The van der Waals surface area contributed by atoms with Gasteiger partial charge in [-0.3, -0.25) is 9.67 Å². The highest BCUT2D eigenvalue weighted by Gasteiger charge is 2.25. The summed E-state index contributed by atoms with van der Waals surface area (Å²) >= 11 is 6.19. The van der Waals surface area contributed by atoms with Crippen LogP contribution in [0.5, 0.6) is 5.75 Å². The van der Waals surface area contributed by atoms with Crippen molar-refractivity contribution in [2.45, 2.75) is 32.7 Å². The van der Waals surface area contributed by atoms with Gasteiger partial charge in [-0.1, -0.05) is 11.6 Å². The maximum absolute atomic E-state index is 6.19. The Kier molecular flexibility index (Phi) is 6.90. The lowest BCUT2D eigenvalue weighted by Crippen LogP contribution is -2.45. The molecule has 0 saturated carbocycles. The number of halogens is 1. The van der Waals surface area contributed by atoms with E-state index in [0.29, 0.717) is 6.04 Å². The lowest BCUT2D eigenvalue weighted by atomic mass is 10.1. The maximum Gasteiger partial charge on any atom is 0.191 e. The van der Waals surface area contributed by atoms with Crippen molar-refractivity contribution in [3.8, 4) is 5.75 Å². The molecule has 2 aromatic rings. The molecule has 1 fully saturated rings. The minimum Gasteiger partial charge on any atom is -0.495 e. The molecule has 0 aliphatic carbocycles. The third-order valence-electron chi connectivity index (χ3n) is 5.56. The van der Waals surface area contributed by atoms with E-state index in [1.807, 2.05) is 37.0 Å². The first-order chi connectivity index (χ1) is 13.9. The number of hydrogen-bond acceptors (Lipinski definition) is 4. The van der Waals surface area contributed by atoms with Crippen molar-refractivity contribution < 1.29 is 4.74 Å². The van der Waals surface area contributed by atoms with E-state index in [1.54, 1.807) is 7.11 Å². The second-order valence-electron chi connectivity index (χ2n) is 7.41. The van der Waals surface area contributed by atoms with Crippen molar-refractivity contribution in [1.29, 1.82) is 0 Å². The monoisotopic (exact) mass is 418 g/mol. The predicted octanol–water partition coefficient (Wildman–Crippen LogP) is 2.69. The van der Waals surface area contributed by atoms with Crippen LogP contribution >= 0.6 is 11.6 Å². The average molecular weight is 419 g/mol. The Morgan fingerprint density at radius 3 is 2.83 bits per heavy atom. The van der Waals surface area contributed by atoms with Gasteiger partial charge in [0.1, 0.15) is 5.75 Å². The number of rotatable bonds is 6. The summed E-state index contributed by atoms with van der Waals surface area (Å²) in [5, 5.41) is 12.2. The minimum absolute atomic E-state index is 0.312. The third-order valence-corrected chi connectivity index (χ3v) is 5.80. The van der Waals surface area contributed by atoms with Crippen molar-refractivity contribution >= 4 is 23.2 Å². The SMILES string of the molecule is CN=C(NCCc1c(C)nn(C)c1C)NC1CCN(c2cc(Cl)ccc2OC)C1. The summed E-state index contributed by atoms with van der Waals surface area (Å²) in [6.07, 6.45) is 1.94. The van der Waals surface area contributed by atoms with Gasteiger partial charge in [-0.05, 0) is 50.5 Å². The summed E-state index contributed by atoms with van der Waals surface area (Å²) in [7, 11) is 5.49. The zero-order valence-electron chi connectivity index (χ0n) is 17.9. The third kappa shape index (κ3) is 4.96. The summed E-state index contributed by atoms with van der Waals surface area (Å²) < 4.78 is 7.44. The van der Waals surface area contributed by atoms with Crippen molar-refractivity contribution in [1.82, 2.24) is 20.4 Å². The quantitative estimate of drug-likeness (QED) is 0.557. The molecule has 1 aromatic heterocycles. The van der Waals surface area contributed by atoms with Crippen molar-refractivity contribution in [2.24, 2.45) is 12.0 Å². The first-order valence-corrected chi connectivity index (χ1v) is 10.4. The van der Waals surface area contributed by atoms with E-state index in [4.69, 9.17) is 16.3 Å². The van der Waals surface area contributed by atoms with Crippen LogP contribution in [0, 0.1) is 13.8 Å². The molecule has 1 saturated heterocycles. The van der Waals surface area contributed by atoms with E-state index in [0.717, 1.165) is 60.6 Å².